The van der Waals surface area contributed by atoms with Crippen LogP contribution in [0, 0.1) is 12.3 Å². The van der Waals surface area contributed by atoms with Crippen LogP contribution in [0.3, 0.4) is 0 Å². The Hall–Kier alpha value is -2.86. The second-order valence-corrected chi connectivity index (χ2v) is 4.07. The van der Waals surface area contributed by atoms with Crippen molar-refractivity contribution in [1.29, 1.82) is 0 Å². The first-order valence-electron chi connectivity index (χ1n) is 6.04. The minimum atomic E-state index is -1.03. The van der Waals surface area contributed by atoms with Crippen LogP contribution >= 0.6 is 0 Å². The van der Waals surface area contributed by atoms with Crippen LogP contribution in [0.15, 0.2) is 60.7 Å². The van der Waals surface area contributed by atoms with Gasteiger partial charge in [0.2, 0.25) is 5.78 Å². The quantitative estimate of drug-likeness (QED) is 0.369. The van der Waals surface area contributed by atoms with E-state index in [1.165, 1.54) is 0 Å². The molecule has 0 saturated carbocycles. The van der Waals surface area contributed by atoms with Gasteiger partial charge in [-0.1, -0.05) is 60.7 Å². The van der Waals surface area contributed by atoms with E-state index < -0.39 is 12.1 Å². The van der Waals surface area contributed by atoms with Crippen molar-refractivity contribution in [3.05, 3.63) is 71.8 Å². The Morgan fingerprint density at radius 3 is 2.05 bits per heavy atom. The summed E-state index contributed by atoms with van der Waals surface area (Å²) in [5.41, 5.74) is 1.05. The first-order chi connectivity index (χ1) is 9.72. The van der Waals surface area contributed by atoms with Gasteiger partial charge in [-0.2, -0.15) is 0 Å². The highest BCUT2D eigenvalue weighted by Crippen LogP contribution is 2.22. The van der Waals surface area contributed by atoms with Crippen molar-refractivity contribution in [1.82, 2.24) is 0 Å². The normalized spacial score (nSPS) is 11.2. The van der Waals surface area contributed by atoms with Gasteiger partial charge in [0.1, 0.15) is 0 Å². The van der Waals surface area contributed by atoms with Gasteiger partial charge in [-0.05, 0) is 0 Å². The molecule has 20 heavy (non-hydrogen) atoms. The van der Waals surface area contributed by atoms with Gasteiger partial charge >= 0.3 is 5.97 Å². The molecular weight excluding hydrogens is 252 g/mol. The molecule has 0 aromatic heterocycles. The van der Waals surface area contributed by atoms with Gasteiger partial charge in [0.15, 0.2) is 6.10 Å². The van der Waals surface area contributed by atoms with Crippen molar-refractivity contribution in [3.63, 3.8) is 0 Å². The summed E-state index contributed by atoms with van der Waals surface area (Å²) >= 11 is 0. The van der Waals surface area contributed by atoms with E-state index >= 15 is 0 Å². The molecule has 0 amide bonds. The van der Waals surface area contributed by atoms with Gasteiger partial charge in [-0.25, -0.2) is 4.79 Å². The molecule has 0 aliphatic carbocycles. The third kappa shape index (κ3) is 3.12. The number of Topliss-reactive ketones (excluding diaryl/α,β-unsaturated/α-hetero) is 1. The molecule has 3 heteroatoms. The van der Waals surface area contributed by atoms with E-state index in [2.05, 4.69) is 0 Å². The summed E-state index contributed by atoms with van der Waals surface area (Å²) in [4.78, 5) is 23.8. The summed E-state index contributed by atoms with van der Waals surface area (Å²) in [5.74, 6) is 0.695. The summed E-state index contributed by atoms with van der Waals surface area (Å²) in [6.45, 7) is 0. The van der Waals surface area contributed by atoms with Crippen LogP contribution in [0.1, 0.15) is 22.0 Å². The van der Waals surface area contributed by atoms with E-state index in [1.54, 1.807) is 48.5 Å². The molecule has 0 aliphatic heterocycles. The third-order valence-electron chi connectivity index (χ3n) is 2.74. The maximum atomic E-state index is 12.5. The largest absolute Gasteiger partial charge is 0.439 e. The zero-order valence-electron chi connectivity index (χ0n) is 10.7. The van der Waals surface area contributed by atoms with Crippen LogP contribution < -0.4 is 0 Å². The molecule has 3 nitrogen and oxygen atoms in total. The summed E-state index contributed by atoms with van der Waals surface area (Å²) < 4.78 is 5.08. The lowest BCUT2D eigenvalue weighted by atomic mass is 10.00. The van der Waals surface area contributed by atoms with Crippen LogP contribution in [0.25, 0.3) is 0 Å². The molecule has 2 rings (SSSR count). The van der Waals surface area contributed by atoms with E-state index in [0.29, 0.717) is 11.1 Å². The zero-order chi connectivity index (χ0) is 14.4. The molecule has 0 heterocycles. The van der Waals surface area contributed by atoms with Crippen molar-refractivity contribution in [2.75, 3.05) is 0 Å². The fourth-order valence-corrected chi connectivity index (χ4v) is 1.80. The van der Waals surface area contributed by atoms with Crippen molar-refractivity contribution in [2.24, 2.45) is 0 Å². The lowest BCUT2D eigenvalue weighted by molar-refractivity contribution is -0.140. The van der Waals surface area contributed by atoms with E-state index in [-0.39, 0.29) is 5.78 Å². The first-order valence-corrected chi connectivity index (χ1v) is 6.04. The number of carbonyl (C=O) groups excluding carboxylic acids is 2. The molecule has 0 bridgehead atoms. The van der Waals surface area contributed by atoms with Gasteiger partial charge in [0.05, 0.1) is 0 Å². The number of hydrogen-bond donors (Lipinski definition) is 0. The standard InChI is InChI=1S/C17H12O3/c1-2-15(18)20-17(14-11-7-4-8-12-14)16(19)13-9-5-3-6-10-13/h1,3-12,17H. The zero-order valence-corrected chi connectivity index (χ0v) is 10.7. The maximum Gasteiger partial charge on any atom is 0.385 e. The molecular formula is C17H12O3. The highest BCUT2D eigenvalue weighted by Gasteiger charge is 2.25. The topological polar surface area (TPSA) is 43.4 Å². The molecule has 1 unspecified atom stereocenters. The van der Waals surface area contributed by atoms with Crippen LogP contribution in [0.4, 0.5) is 0 Å². The van der Waals surface area contributed by atoms with E-state index in [9.17, 15) is 9.59 Å². The number of esters is 1. The third-order valence-corrected chi connectivity index (χ3v) is 2.74. The number of benzene rings is 2. The predicted molar refractivity (Wildman–Crippen MR) is 74.9 cm³/mol. The smallest absolute Gasteiger partial charge is 0.385 e. The van der Waals surface area contributed by atoms with Crippen molar-refractivity contribution < 1.29 is 14.3 Å². The molecule has 0 fully saturated rings. The molecule has 0 aliphatic rings. The number of ether oxygens (including phenoxy) is 1. The molecule has 0 spiro atoms. The molecule has 98 valence electrons. The lowest BCUT2D eigenvalue weighted by Crippen LogP contribution is -2.19. The summed E-state index contributed by atoms with van der Waals surface area (Å²) in [7, 11) is 0. The number of terminal acetylenes is 1. The average molecular weight is 264 g/mol. The lowest BCUT2D eigenvalue weighted by Gasteiger charge is -2.15. The molecule has 1 atom stereocenters. The SMILES string of the molecule is C#CC(=O)OC(C(=O)c1ccccc1)c1ccccc1. The number of ketones is 1. The number of rotatable bonds is 4. The highest BCUT2D eigenvalue weighted by molar-refractivity contribution is 6.01. The van der Waals surface area contributed by atoms with Gasteiger partial charge in [0, 0.05) is 17.0 Å². The van der Waals surface area contributed by atoms with Crippen LogP contribution in [-0.4, -0.2) is 11.8 Å². The second kappa shape index (κ2) is 6.35. The minimum Gasteiger partial charge on any atom is -0.439 e. The van der Waals surface area contributed by atoms with E-state index in [1.807, 2.05) is 18.1 Å². The summed E-state index contributed by atoms with van der Waals surface area (Å²) in [6, 6.07) is 17.4. The highest BCUT2D eigenvalue weighted by atomic mass is 16.5. The Balaban J connectivity index is 2.35. The average Bonchev–Trinajstić information content (AvgIpc) is 2.53. The minimum absolute atomic E-state index is 0.305. The Morgan fingerprint density at radius 1 is 0.950 bits per heavy atom. The molecule has 0 N–H and O–H groups in total. The summed E-state index contributed by atoms with van der Waals surface area (Å²) in [6.07, 6.45) is 3.98. The fourth-order valence-electron chi connectivity index (χ4n) is 1.80. The van der Waals surface area contributed by atoms with Crippen LogP contribution in [-0.2, 0) is 9.53 Å². The maximum absolute atomic E-state index is 12.5. The Bertz CT molecular complexity index is 639. The Kier molecular flexibility index (Phi) is 4.31. The number of carbonyl (C=O) groups is 2. The fraction of sp³-hybridized carbons (Fsp3) is 0.0588. The molecule has 0 radical (unpaired) electrons. The first kappa shape index (κ1) is 13.6. The summed E-state index contributed by atoms with van der Waals surface area (Å²) in [5, 5.41) is 0. The van der Waals surface area contributed by atoms with Crippen molar-refractivity contribution in [2.45, 2.75) is 6.10 Å². The van der Waals surface area contributed by atoms with Gasteiger partial charge < -0.3 is 4.74 Å². The monoisotopic (exact) mass is 264 g/mol. The number of hydrogen-bond acceptors (Lipinski definition) is 3. The molecule has 0 saturated heterocycles. The van der Waals surface area contributed by atoms with E-state index in [0.717, 1.165) is 0 Å². The second-order valence-electron chi connectivity index (χ2n) is 4.07. The molecule has 2 aromatic carbocycles. The Morgan fingerprint density at radius 2 is 1.50 bits per heavy atom. The van der Waals surface area contributed by atoms with Crippen molar-refractivity contribution in [3.8, 4) is 12.3 Å². The van der Waals surface area contributed by atoms with Crippen molar-refractivity contribution >= 4 is 11.8 Å². The van der Waals surface area contributed by atoms with Crippen LogP contribution in [0.2, 0.25) is 0 Å². The van der Waals surface area contributed by atoms with Gasteiger partial charge in [0.25, 0.3) is 0 Å². The van der Waals surface area contributed by atoms with Gasteiger partial charge in [-0.15, -0.1) is 6.42 Å². The van der Waals surface area contributed by atoms with Gasteiger partial charge in [-0.3, -0.25) is 4.79 Å². The predicted octanol–water partition coefficient (Wildman–Crippen LogP) is 2.79. The molecule has 2 aromatic rings. The van der Waals surface area contributed by atoms with Crippen LogP contribution in [0.5, 0.6) is 0 Å². The Labute approximate surface area is 117 Å². The van der Waals surface area contributed by atoms with E-state index in [4.69, 9.17) is 11.2 Å².